The summed E-state index contributed by atoms with van der Waals surface area (Å²) in [6.07, 6.45) is 5.46. The first-order chi connectivity index (χ1) is 7.18. The lowest BCUT2D eigenvalue weighted by molar-refractivity contribution is 0.151. The Balaban J connectivity index is 1.97. The third-order valence-electron chi connectivity index (χ3n) is 2.96. The Morgan fingerprint density at radius 2 is 2.27 bits per heavy atom. The van der Waals surface area contributed by atoms with Crippen LogP contribution in [-0.4, -0.2) is 25.8 Å². The fraction of sp³-hybridized carbons (Fsp3) is 0.846. The highest BCUT2D eigenvalue weighted by Crippen LogP contribution is 2.23. The smallest absolute Gasteiger partial charge is 0.0672 e. The number of nitrogens with one attached hydrogen (secondary N) is 1. The van der Waals surface area contributed by atoms with E-state index in [1.54, 1.807) is 0 Å². The molecule has 2 nitrogen and oxygen atoms in total. The van der Waals surface area contributed by atoms with Gasteiger partial charge < -0.3 is 10.1 Å². The van der Waals surface area contributed by atoms with Gasteiger partial charge >= 0.3 is 0 Å². The molecule has 1 fully saturated rings. The molecular weight excluding hydrogens is 186 g/mol. The molecule has 0 aromatic rings. The molecule has 0 spiro atoms. The molecule has 1 N–H and O–H groups in total. The lowest BCUT2D eigenvalue weighted by atomic mass is 9.87. The molecule has 2 atom stereocenters. The van der Waals surface area contributed by atoms with E-state index in [9.17, 15) is 0 Å². The summed E-state index contributed by atoms with van der Waals surface area (Å²) >= 11 is 0. The molecule has 0 amide bonds. The van der Waals surface area contributed by atoms with Crippen molar-refractivity contribution in [1.82, 2.24) is 5.32 Å². The zero-order valence-electron chi connectivity index (χ0n) is 10.2. The predicted octanol–water partition coefficient (Wildman–Crippen LogP) is 2.75. The number of rotatable bonds is 6. The van der Waals surface area contributed by atoms with Crippen molar-refractivity contribution in [2.75, 3.05) is 19.8 Å². The van der Waals surface area contributed by atoms with Crippen molar-refractivity contribution >= 4 is 0 Å². The third kappa shape index (κ3) is 5.95. The van der Waals surface area contributed by atoms with Crippen LogP contribution in [0.4, 0.5) is 0 Å². The first-order valence-corrected chi connectivity index (χ1v) is 6.14. The van der Waals surface area contributed by atoms with Crippen molar-refractivity contribution in [3.05, 3.63) is 12.2 Å². The minimum Gasteiger partial charge on any atom is -0.376 e. The summed E-state index contributed by atoms with van der Waals surface area (Å²) in [6, 6.07) is 0.724. The lowest BCUT2D eigenvalue weighted by Gasteiger charge is -2.27. The summed E-state index contributed by atoms with van der Waals surface area (Å²) in [5.41, 5.74) is 1.10. The van der Waals surface area contributed by atoms with Gasteiger partial charge in [-0.3, -0.25) is 0 Å². The predicted molar refractivity (Wildman–Crippen MR) is 65.1 cm³/mol. The minimum atomic E-state index is 0.697. The Labute approximate surface area is 94.1 Å². The average Bonchev–Trinajstić information content (AvgIpc) is 2.17. The van der Waals surface area contributed by atoms with Crippen LogP contribution < -0.4 is 5.32 Å². The van der Waals surface area contributed by atoms with Crippen LogP contribution in [-0.2, 0) is 4.74 Å². The molecule has 2 unspecified atom stereocenters. The van der Waals surface area contributed by atoms with Crippen molar-refractivity contribution in [2.45, 2.75) is 45.6 Å². The van der Waals surface area contributed by atoms with E-state index in [0.717, 1.165) is 30.7 Å². The highest BCUT2D eigenvalue weighted by Gasteiger charge is 2.17. The van der Waals surface area contributed by atoms with Gasteiger partial charge in [0.1, 0.15) is 0 Å². The molecule has 1 rings (SSSR count). The minimum absolute atomic E-state index is 0.697. The summed E-state index contributed by atoms with van der Waals surface area (Å²) in [7, 11) is 0. The Bertz CT molecular complexity index is 191. The topological polar surface area (TPSA) is 21.3 Å². The van der Waals surface area contributed by atoms with Crippen LogP contribution in [0.5, 0.6) is 0 Å². The van der Waals surface area contributed by atoms with E-state index in [2.05, 4.69) is 18.8 Å². The van der Waals surface area contributed by atoms with Gasteiger partial charge in [-0.2, -0.15) is 0 Å². The van der Waals surface area contributed by atoms with Crippen LogP contribution in [0.3, 0.4) is 0 Å². The zero-order valence-corrected chi connectivity index (χ0v) is 10.2. The van der Waals surface area contributed by atoms with E-state index in [-0.39, 0.29) is 0 Å². The molecule has 15 heavy (non-hydrogen) atoms. The maximum atomic E-state index is 5.45. The summed E-state index contributed by atoms with van der Waals surface area (Å²) in [6.45, 7) is 10.6. The van der Waals surface area contributed by atoms with Crippen LogP contribution in [0.1, 0.15) is 39.5 Å². The number of hydrogen-bond donors (Lipinski definition) is 1. The fourth-order valence-corrected chi connectivity index (χ4v) is 2.20. The summed E-state index contributed by atoms with van der Waals surface area (Å²) in [4.78, 5) is 0. The molecule has 1 aliphatic rings. The number of hydrogen-bond acceptors (Lipinski definition) is 2. The van der Waals surface area contributed by atoms with Crippen LogP contribution >= 0.6 is 0 Å². The Morgan fingerprint density at radius 1 is 1.47 bits per heavy atom. The maximum absolute atomic E-state index is 5.45. The maximum Gasteiger partial charge on any atom is 0.0672 e. The largest absolute Gasteiger partial charge is 0.376 e. The highest BCUT2D eigenvalue weighted by molar-refractivity contribution is 4.87. The van der Waals surface area contributed by atoms with Crippen molar-refractivity contribution in [3.63, 3.8) is 0 Å². The molecule has 0 aromatic carbocycles. The molecule has 0 aliphatic heterocycles. The Kier molecular flexibility index (Phi) is 5.96. The third-order valence-corrected chi connectivity index (χ3v) is 2.96. The van der Waals surface area contributed by atoms with Crippen LogP contribution in [0.15, 0.2) is 12.2 Å². The van der Waals surface area contributed by atoms with E-state index in [1.807, 2.05) is 6.92 Å². The van der Waals surface area contributed by atoms with Gasteiger partial charge in [0.2, 0.25) is 0 Å². The molecule has 1 aliphatic carbocycles. The molecule has 2 heteroatoms. The standard InChI is InChI=1S/C13H25NO/c1-11(2)10-15-8-7-14-13-6-4-5-12(3)9-13/h12-14H,1,4-10H2,2-3H3. The van der Waals surface area contributed by atoms with Gasteiger partial charge in [-0.15, -0.1) is 0 Å². The van der Waals surface area contributed by atoms with E-state index < -0.39 is 0 Å². The fourth-order valence-electron chi connectivity index (χ4n) is 2.20. The van der Waals surface area contributed by atoms with Crippen LogP contribution in [0, 0.1) is 5.92 Å². The van der Waals surface area contributed by atoms with Crippen molar-refractivity contribution in [3.8, 4) is 0 Å². The molecular formula is C13H25NO. The summed E-state index contributed by atoms with van der Waals surface area (Å²) < 4.78 is 5.45. The Morgan fingerprint density at radius 3 is 2.93 bits per heavy atom. The lowest BCUT2D eigenvalue weighted by Crippen LogP contribution is -2.35. The van der Waals surface area contributed by atoms with E-state index >= 15 is 0 Å². The van der Waals surface area contributed by atoms with E-state index in [4.69, 9.17) is 4.74 Å². The second kappa shape index (κ2) is 7.02. The number of ether oxygens (including phenoxy) is 1. The average molecular weight is 211 g/mol. The van der Waals surface area contributed by atoms with Crippen molar-refractivity contribution in [1.29, 1.82) is 0 Å². The van der Waals surface area contributed by atoms with Gasteiger partial charge in [-0.1, -0.05) is 31.9 Å². The monoisotopic (exact) mass is 211 g/mol. The van der Waals surface area contributed by atoms with Gasteiger partial charge in [0.15, 0.2) is 0 Å². The molecule has 0 saturated heterocycles. The van der Waals surface area contributed by atoms with Crippen molar-refractivity contribution in [2.24, 2.45) is 5.92 Å². The SMILES string of the molecule is C=C(C)COCCNC1CCCC(C)C1. The molecule has 88 valence electrons. The molecule has 0 radical (unpaired) electrons. The molecule has 1 saturated carbocycles. The first kappa shape index (κ1) is 12.7. The normalized spacial score (nSPS) is 26.5. The highest BCUT2D eigenvalue weighted by atomic mass is 16.5. The van der Waals surface area contributed by atoms with Crippen LogP contribution in [0.2, 0.25) is 0 Å². The second-order valence-corrected chi connectivity index (χ2v) is 4.93. The van der Waals surface area contributed by atoms with Crippen LogP contribution in [0.25, 0.3) is 0 Å². The Hall–Kier alpha value is -0.340. The van der Waals surface area contributed by atoms with Gasteiger partial charge in [-0.05, 0) is 25.7 Å². The first-order valence-electron chi connectivity index (χ1n) is 6.14. The summed E-state index contributed by atoms with van der Waals surface area (Å²) in [5.74, 6) is 0.896. The van der Waals surface area contributed by atoms with E-state index in [1.165, 1.54) is 25.7 Å². The molecule has 0 heterocycles. The van der Waals surface area contributed by atoms with Crippen molar-refractivity contribution < 1.29 is 4.74 Å². The van der Waals surface area contributed by atoms with Gasteiger partial charge in [0, 0.05) is 12.6 Å². The summed E-state index contributed by atoms with van der Waals surface area (Å²) in [5, 5.41) is 3.57. The second-order valence-electron chi connectivity index (χ2n) is 4.93. The van der Waals surface area contributed by atoms with Gasteiger partial charge in [-0.25, -0.2) is 0 Å². The molecule has 0 bridgehead atoms. The van der Waals surface area contributed by atoms with Gasteiger partial charge in [0.25, 0.3) is 0 Å². The molecule has 0 aromatic heterocycles. The zero-order chi connectivity index (χ0) is 11.1. The van der Waals surface area contributed by atoms with E-state index in [0.29, 0.717) is 6.61 Å². The quantitative estimate of drug-likeness (QED) is 0.539. The van der Waals surface area contributed by atoms with Gasteiger partial charge in [0.05, 0.1) is 13.2 Å².